The van der Waals surface area contributed by atoms with E-state index < -0.39 is 17.5 Å². The first-order valence-electron chi connectivity index (χ1n) is 6.71. The highest BCUT2D eigenvalue weighted by molar-refractivity contribution is 5.96. The van der Waals surface area contributed by atoms with Crippen LogP contribution in [-0.4, -0.2) is 29.0 Å². The molecule has 110 valence electrons. The van der Waals surface area contributed by atoms with Crippen LogP contribution in [-0.2, 0) is 9.53 Å². The molecule has 0 bridgehead atoms. The first-order chi connectivity index (χ1) is 9.85. The zero-order chi connectivity index (χ0) is 15.5. The Kier molecular flexibility index (Phi) is 4.21. The number of amides is 1. The van der Waals surface area contributed by atoms with Crippen LogP contribution in [0.15, 0.2) is 36.4 Å². The van der Waals surface area contributed by atoms with Crippen LogP contribution < -0.4 is 5.32 Å². The highest BCUT2D eigenvalue weighted by Crippen LogP contribution is 2.11. The van der Waals surface area contributed by atoms with E-state index in [1.807, 2.05) is 30.3 Å². The third-order valence-corrected chi connectivity index (χ3v) is 2.64. The molecular formula is C16H18N2O3. The van der Waals surface area contributed by atoms with E-state index >= 15 is 0 Å². The van der Waals surface area contributed by atoms with Gasteiger partial charge in [-0.25, -0.2) is 4.98 Å². The van der Waals surface area contributed by atoms with E-state index in [0.717, 1.165) is 10.9 Å². The maximum absolute atomic E-state index is 12.0. The molecule has 0 saturated carbocycles. The topological polar surface area (TPSA) is 68.3 Å². The van der Waals surface area contributed by atoms with Crippen LogP contribution >= 0.6 is 0 Å². The molecule has 0 unspecified atom stereocenters. The van der Waals surface area contributed by atoms with Crippen LogP contribution in [0.1, 0.15) is 31.3 Å². The van der Waals surface area contributed by atoms with Gasteiger partial charge in [0, 0.05) is 5.39 Å². The molecule has 0 spiro atoms. The third-order valence-electron chi connectivity index (χ3n) is 2.64. The van der Waals surface area contributed by atoms with E-state index in [-0.39, 0.29) is 12.2 Å². The van der Waals surface area contributed by atoms with Gasteiger partial charge in [-0.2, -0.15) is 0 Å². The molecule has 1 aromatic heterocycles. The smallest absolute Gasteiger partial charge is 0.325 e. The number of fused-ring (bicyclic) bond motifs is 1. The Morgan fingerprint density at radius 1 is 1.14 bits per heavy atom. The molecule has 1 amide bonds. The minimum absolute atomic E-state index is 0.176. The summed E-state index contributed by atoms with van der Waals surface area (Å²) in [5.41, 5.74) is 0.447. The summed E-state index contributed by atoms with van der Waals surface area (Å²) in [6.07, 6.45) is 0. The molecule has 0 aliphatic rings. The Morgan fingerprint density at radius 3 is 2.57 bits per heavy atom. The van der Waals surface area contributed by atoms with Gasteiger partial charge in [-0.05, 0) is 32.9 Å². The summed E-state index contributed by atoms with van der Waals surface area (Å²) in [4.78, 5) is 27.8. The standard InChI is InChI=1S/C16H18N2O3/c1-16(2,3)21-14(19)10-17-15(20)13-9-8-11-6-4-5-7-12(11)18-13/h4-9H,10H2,1-3H3,(H,17,20). The van der Waals surface area contributed by atoms with Crippen LogP contribution in [0.2, 0.25) is 0 Å². The van der Waals surface area contributed by atoms with E-state index in [0.29, 0.717) is 0 Å². The summed E-state index contributed by atoms with van der Waals surface area (Å²) in [6, 6.07) is 11.0. The molecule has 0 aliphatic heterocycles. The largest absolute Gasteiger partial charge is 0.459 e. The number of hydrogen-bond acceptors (Lipinski definition) is 4. The molecule has 0 atom stereocenters. The number of hydrogen-bond donors (Lipinski definition) is 1. The lowest BCUT2D eigenvalue weighted by Crippen LogP contribution is -2.34. The molecule has 0 fully saturated rings. The maximum atomic E-state index is 12.0. The summed E-state index contributed by atoms with van der Waals surface area (Å²) < 4.78 is 5.12. The predicted molar refractivity (Wildman–Crippen MR) is 79.9 cm³/mol. The minimum atomic E-state index is -0.566. The molecule has 0 radical (unpaired) electrons. The Hall–Kier alpha value is -2.43. The van der Waals surface area contributed by atoms with Gasteiger partial charge in [0.2, 0.25) is 0 Å². The summed E-state index contributed by atoms with van der Waals surface area (Å²) >= 11 is 0. The fourth-order valence-electron chi connectivity index (χ4n) is 1.81. The second-order valence-electron chi connectivity index (χ2n) is 5.66. The fourth-order valence-corrected chi connectivity index (χ4v) is 1.81. The van der Waals surface area contributed by atoms with Crippen LogP contribution in [0, 0.1) is 0 Å². The summed E-state index contributed by atoms with van der Waals surface area (Å²) in [6.45, 7) is 5.15. The first kappa shape index (κ1) is 15.0. The zero-order valence-corrected chi connectivity index (χ0v) is 12.3. The number of carbonyl (C=O) groups excluding carboxylic acids is 2. The average Bonchev–Trinajstić information content (AvgIpc) is 2.42. The highest BCUT2D eigenvalue weighted by Gasteiger charge is 2.17. The van der Waals surface area contributed by atoms with Crippen LogP contribution in [0.3, 0.4) is 0 Å². The lowest BCUT2D eigenvalue weighted by atomic mass is 10.2. The fraction of sp³-hybridized carbons (Fsp3) is 0.312. The van der Waals surface area contributed by atoms with Gasteiger partial charge in [0.15, 0.2) is 0 Å². The number of nitrogens with zero attached hydrogens (tertiary/aromatic N) is 1. The van der Waals surface area contributed by atoms with E-state index in [4.69, 9.17) is 4.74 Å². The monoisotopic (exact) mass is 286 g/mol. The number of pyridine rings is 1. The highest BCUT2D eigenvalue weighted by atomic mass is 16.6. The number of carbonyl (C=O) groups is 2. The molecule has 0 aliphatic carbocycles. The normalized spacial score (nSPS) is 11.2. The third kappa shape index (κ3) is 4.27. The molecule has 1 aromatic carbocycles. The molecule has 2 rings (SSSR count). The van der Waals surface area contributed by atoms with Crippen LogP contribution in [0.4, 0.5) is 0 Å². The Morgan fingerprint density at radius 2 is 1.86 bits per heavy atom. The van der Waals surface area contributed by atoms with Crippen molar-refractivity contribution in [3.63, 3.8) is 0 Å². The van der Waals surface area contributed by atoms with Crippen molar-refractivity contribution in [3.05, 3.63) is 42.1 Å². The maximum Gasteiger partial charge on any atom is 0.325 e. The van der Waals surface area contributed by atoms with Gasteiger partial charge in [-0.1, -0.05) is 24.3 Å². The lowest BCUT2D eigenvalue weighted by molar-refractivity contribution is -0.153. The molecule has 5 nitrogen and oxygen atoms in total. The number of aromatic nitrogens is 1. The van der Waals surface area contributed by atoms with Crippen molar-refractivity contribution < 1.29 is 14.3 Å². The van der Waals surface area contributed by atoms with Gasteiger partial charge in [-0.3, -0.25) is 9.59 Å². The summed E-state index contributed by atoms with van der Waals surface area (Å²) in [7, 11) is 0. The van der Waals surface area contributed by atoms with Crippen molar-refractivity contribution in [1.29, 1.82) is 0 Å². The van der Waals surface area contributed by atoms with E-state index in [2.05, 4.69) is 10.3 Å². The van der Waals surface area contributed by atoms with Gasteiger partial charge in [0.25, 0.3) is 5.91 Å². The lowest BCUT2D eigenvalue weighted by Gasteiger charge is -2.19. The van der Waals surface area contributed by atoms with Gasteiger partial charge in [0.1, 0.15) is 17.8 Å². The van der Waals surface area contributed by atoms with Gasteiger partial charge in [0.05, 0.1) is 5.52 Å². The first-order valence-corrected chi connectivity index (χ1v) is 6.71. The molecule has 0 saturated heterocycles. The quantitative estimate of drug-likeness (QED) is 0.879. The van der Waals surface area contributed by atoms with Crippen molar-refractivity contribution in [2.24, 2.45) is 0 Å². The molecule has 5 heteroatoms. The van der Waals surface area contributed by atoms with Crippen LogP contribution in [0.25, 0.3) is 10.9 Å². The van der Waals surface area contributed by atoms with Crippen molar-refractivity contribution in [2.75, 3.05) is 6.54 Å². The van der Waals surface area contributed by atoms with E-state index in [1.54, 1.807) is 26.8 Å². The van der Waals surface area contributed by atoms with Gasteiger partial charge in [-0.15, -0.1) is 0 Å². The van der Waals surface area contributed by atoms with Crippen molar-refractivity contribution in [2.45, 2.75) is 26.4 Å². The van der Waals surface area contributed by atoms with E-state index in [9.17, 15) is 9.59 Å². The van der Waals surface area contributed by atoms with Crippen molar-refractivity contribution in [1.82, 2.24) is 10.3 Å². The SMILES string of the molecule is CC(C)(C)OC(=O)CNC(=O)c1ccc2ccccc2n1. The van der Waals surface area contributed by atoms with Gasteiger partial charge < -0.3 is 10.1 Å². The second-order valence-corrected chi connectivity index (χ2v) is 5.66. The number of rotatable bonds is 3. The number of nitrogens with one attached hydrogen (secondary N) is 1. The Labute approximate surface area is 123 Å². The predicted octanol–water partition coefficient (Wildman–Crippen LogP) is 2.31. The number of esters is 1. The van der Waals surface area contributed by atoms with E-state index in [1.165, 1.54) is 0 Å². The van der Waals surface area contributed by atoms with Gasteiger partial charge >= 0.3 is 5.97 Å². The molecule has 1 N–H and O–H groups in total. The minimum Gasteiger partial charge on any atom is -0.459 e. The Balaban J connectivity index is 2.00. The van der Waals surface area contributed by atoms with Crippen molar-refractivity contribution >= 4 is 22.8 Å². The molecule has 2 aromatic rings. The number of para-hydroxylation sites is 1. The average molecular weight is 286 g/mol. The van der Waals surface area contributed by atoms with Crippen molar-refractivity contribution in [3.8, 4) is 0 Å². The second kappa shape index (κ2) is 5.91. The Bertz CT molecular complexity index is 675. The molecular weight excluding hydrogens is 268 g/mol. The molecule has 1 heterocycles. The molecule has 21 heavy (non-hydrogen) atoms. The summed E-state index contributed by atoms with van der Waals surface area (Å²) in [5, 5.41) is 3.47. The van der Waals surface area contributed by atoms with Crippen LogP contribution in [0.5, 0.6) is 0 Å². The summed E-state index contributed by atoms with van der Waals surface area (Å²) in [5.74, 6) is -0.872. The zero-order valence-electron chi connectivity index (χ0n) is 12.3. The number of benzene rings is 1. The number of ether oxygens (including phenoxy) is 1.